The Morgan fingerprint density at radius 2 is 2.29 bits per heavy atom. The average molecular weight is 349 g/mol. The quantitative estimate of drug-likeness (QED) is 0.905. The molecule has 2 amide bonds. The Morgan fingerprint density at radius 1 is 1.54 bits per heavy atom. The highest BCUT2D eigenvalue weighted by Crippen LogP contribution is 2.26. The summed E-state index contributed by atoms with van der Waals surface area (Å²) in [6.07, 6.45) is 1.13. The molecule has 7 heteroatoms. The molecule has 6 nitrogen and oxygen atoms in total. The van der Waals surface area contributed by atoms with E-state index in [2.05, 4.69) is 11.4 Å². The molecule has 130 valence electrons. The predicted octanol–water partition coefficient (Wildman–Crippen LogP) is 3.22. The van der Waals surface area contributed by atoms with Gasteiger partial charge >= 0.3 is 6.09 Å². The molecule has 0 aliphatic carbocycles. The van der Waals surface area contributed by atoms with Gasteiger partial charge in [-0.15, -0.1) is 11.3 Å². The van der Waals surface area contributed by atoms with Crippen LogP contribution >= 0.6 is 11.3 Å². The van der Waals surface area contributed by atoms with E-state index in [1.807, 2.05) is 17.5 Å². The van der Waals surface area contributed by atoms with Gasteiger partial charge in [-0.1, -0.05) is 6.07 Å². The van der Waals surface area contributed by atoms with Gasteiger partial charge < -0.3 is 15.0 Å². The maximum absolute atomic E-state index is 12.6. The Morgan fingerprint density at radius 3 is 2.88 bits per heavy atom. The topological polar surface area (TPSA) is 82.4 Å². The highest BCUT2D eigenvalue weighted by Gasteiger charge is 2.31. The van der Waals surface area contributed by atoms with Crippen LogP contribution in [0.4, 0.5) is 4.79 Å². The monoisotopic (exact) mass is 349 g/mol. The minimum atomic E-state index is -0.602. The minimum Gasteiger partial charge on any atom is -0.444 e. The van der Waals surface area contributed by atoms with Crippen molar-refractivity contribution in [2.75, 3.05) is 6.54 Å². The molecule has 0 bridgehead atoms. The summed E-state index contributed by atoms with van der Waals surface area (Å²) in [4.78, 5) is 27.2. The SMILES string of the molecule is CC(C)(C)OC(=O)NC(CC(=O)N1CCC[C@H]1C#N)c1cccs1. The van der Waals surface area contributed by atoms with Crippen molar-refractivity contribution in [2.45, 2.75) is 57.7 Å². The molecule has 1 saturated heterocycles. The fourth-order valence-corrected chi connectivity index (χ4v) is 3.43. The lowest BCUT2D eigenvalue weighted by Crippen LogP contribution is -2.39. The summed E-state index contributed by atoms with van der Waals surface area (Å²) >= 11 is 1.48. The third kappa shape index (κ3) is 4.96. The first-order valence-corrected chi connectivity index (χ1v) is 8.90. The summed E-state index contributed by atoms with van der Waals surface area (Å²) in [6, 6.07) is 5.12. The van der Waals surface area contributed by atoms with E-state index < -0.39 is 17.7 Å². The Balaban J connectivity index is 2.06. The molecule has 1 N–H and O–H groups in total. The van der Waals surface area contributed by atoms with Gasteiger partial charge in [0.2, 0.25) is 5.91 Å². The molecule has 1 aromatic rings. The molecule has 1 fully saturated rings. The number of nitrogens with one attached hydrogen (secondary N) is 1. The van der Waals surface area contributed by atoms with Gasteiger partial charge in [0.1, 0.15) is 11.6 Å². The van der Waals surface area contributed by atoms with Crippen molar-refractivity contribution in [3.8, 4) is 6.07 Å². The third-order valence-corrected chi connectivity index (χ3v) is 4.66. The van der Waals surface area contributed by atoms with Crippen molar-refractivity contribution in [1.82, 2.24) is 10.2 Å². The second-order valence-corrected chi connectivity index (χ2v) is 7.77. The average Bonchev–Trinajstić information content (AvgIpc) is 3.15. The van der Waals surface area contributed by atoms with Crippen molar-refractivity contribution < 1.29 is 14.3 Å². The Hall–Kier alpha value is -2.07. The first kappa shape index (κ1) is 18.3. The van der Waals surface area contributed by atoms with Crippen molar-refractivity contribution in [1.29, 1.82) is 5.26 Å². The molecule has 0 spiro atoms. The van der Waals surface area contributed by atoms with Gasteiger partial charge in [0, 0.05) is 11.4 Å². The molecule has 0 saturated carbocycles. The molecule has 0 aromatic carbocycles. The van der Waals surface area contributed by atoms with Crippen LogP contribution in [0.15, 0.2) is 17.5 Å². The fraction of sp³-hybridized carbons (Fsp3) is 0.588. The van der Waals surface area contributed by atoms with E-state index in [-0.39, 0.29) is 18.4 Å². The Kier molecular flexibility index (Phi) is 5.84. The van der Waals surface area contributed by atoms with Crippen LogP contribution in [0.1, 0.15) is 51.0 Å². The van der Waals surface area contributed by atoms with Gasteiger partial charge in [0.15, 0.2) is 0 Å². The standard InChI is InChI=1S/C17H23N3O3S/c1-17(2,3)23-16(22)19-13(14-7-5-9-24-14)10-15(21)20-8-4-6-12(20)11-18/h5,7,9,12-13H,4,6,8,10H2,1-3H3,(H,19,22)/t12-,13?/m0/s1. The number of carbonyl (C=O) groups is 2. The van der Waals surface area contributed by atoms with E-state index in [1.165, 1.54) is 11.3 Å². The van der Waals surface area contributed by atoms with Crippen molar-refractivity contribution in [2.24, 2.45) is 0 Å². The number of rotatable bonds is 4. The van der Waals surface area contributed by atoms with E-state index in [1.54, 1.807) is 25.7 Å². The van der Waals surface area contributed by atoms with Crippen LogP contribution in [-0.4, -0.2) is 35.1 Å². The van der Waals surface area contributed by atoms with Gasteiger partial charge in [-0.25, -0.2) is 4.79 Å². The number of nitrogens with zero attached hydrogens (tertiary/aromatic N) is 2. The normalized spacial score (nSPS) is 18.8. The number of nitriles is 1. The maximum Gasteiger partial charge on any atom is 0.408 e. The lowest BCUT2D eigenvalue weighted by molar-refractivity contribution is -0.131. The van der Waals surface area contributed by atoms with Crippen LogP contribution in [-0.2, 0) is 9.53 Å². The molecule has 2 atom stereocenters. The lowest BCUT2D eigenvalue weighted by Gasteiger charge is -2.25. The maximum atomic E-state index is 12.6. The number of amides is 2. The van der Waals surface area contributed by atoms with Gasteiger partial charge in [-0.2, -0.15) is 5.26 Å². The number of thiophene rings is 1. The molecule has 0 radical (unpaired) electrons. The number of hydrogen-bond donors (Lipinski definition) is 1. The smallest absolute Gasteiger partial charge is 0.408 e. The van der Waals surface area contributed by atoms with Crippen molar-refractivity contribution in [3.05, 3.63) is 22.4 Å². The van der Waals surface area contributed by atoms with Crippen LogP contribution in [0.5, 0.6) is 0 Å². The van der Waals surface area contributed by atoms with Crippen molar-refractivity contribution in [3.63, 3.8) is 0 Å². The van der Waals surface area contributed by atoms with Gasteiger partial charge in [0.05, 0.1) is 18.5 Å². The van der Waals surface area contributed by atoms with E-state index >= 15 is 0 Å². The van der Waals surface area contributed by atoms with Crippen LogP contribution in [0, 0.1) is 11.3 Å². The van der Waals surface area contributed by atoms with Gasteiger partial charge in [-0.3, -0.25) is 4.79 Å². The number of alkyl carbamates (subject to hydrolysis) is 1. The second kappa shape index (κ2) is 7.67. The zero-order chi connectivity index (χ0) is 17.7. The molecule has 24 heavy (non-hydrogen) atoms. The molecule has 1 aliphatic heterocycles. The second-order valence-electron chi connectivity index (χ2n) is 6.79. The first-order valence-electron chi connectivity index (χ1n) is 8.02. The summed E-state index contributed by atoms with van der Waals surface area (Å²) in [5.74, 6) is -0.117. The fourth-order valence-electron chi connectivity index (χ4n) is 2.65. The molecular weight excluding hydrogens is 326 g/mol. The summed E-state index contributed by atoms with van der Waals surface area (Å²) in [6.45, 7) is 5.97. The van der Waals surface area contributed by atoms with Crippen LogP contribution < -0.4 is 5.32 Å². The Labute approximate surface area is 146 Å². The van der Waals surface area contributed by atoms with Crippen LogP contribution in [0.3, 0.4) is 0 Å². The number of hydrogen-bond acceptors (Lipinski definition) is 5. The number of likely N-dealkylation sites (tertiary alicyclic amines) is 1. The highest BCUT2D eigenvalue weighted by molar-refractivity contribution is 7.10. The molecule has 1 unspecified atom stereocenters. The summed E-state index contributed by atoms with van der Waals surface area (Å²) in [7, 11) is 0. The number of carbonyl (C=O) groups excluding carboxylic acids is 2. The van der Waals surface area contributed by atoms with Crippen LogP contribution in [0.25, 0.3) is 0 Å². The summed E-state index contributed by atoms with van der Waals surface area (Å²) in [5.41, 5.74) is -0.602. The number of ether oxygens (including phenoxy) is 1. The third-order valence-electron chi connectivity index (χ3n) is 3.68. The lowest BCUT2D eigenvalue weighted by atomic mass is 10.1. The van der Waals surface area contributed by atoms with Crippen molar-refractivity contribution >= 4 is 23.3 Å². The Bertz CT molecular complexity index is 616. The summed E-state index contributed by atoms with van der Waals surface area (Å²) < 4.78 is 5.29. The van der Waals surface area contributed by atoms with E-state index in [9.17, 15) is 9.59 Å². The largest absolute Gasteiger partial charge is 0.444 e. The molecular formula is C17H23N3O3S. The van der Waals surface area contributed by atoms with E-state index in [0.29, 0.717) is 13.0 Å². The van der Waals surface area contributed by atoms with Gasteiger partial charge in [-0.05, 0) is 45.1 Å². The predicted molar refractivity (Wildman–Crippen MR) is 91.4 cm³/mol. The first-order chi connectivity index (χ1) is 11.3. The molecule has 2 rings (SSSR count). The van der Waals surface area contributed by atoms with E-state index in [4.69, 9.17) is 10.00 Å². The summed E-state index contributed by atoms with van der Waals surface area (Å²) in [5, 5.41) is 13.8. The molecule has 1 aliphatic rings. The van der Waals surface area contributed by atoms with Crippen LogP contribution in [0.2, 0.25) is 0 Å². The minimum absolute atomic E-state index is 0.117. The van der Waals surface area contributed by atoms with Gasteiger partial charge in [0.25, 0.3) is 0 Å². The van der Waals surface area contributed by atoms with E-state index in [0.717, 1.165) is 11.3 Å². The highest BCUT2D eigenvalue weighted by atomic mass is 32.1. The zero-order valence-corrected chi connectivity index (χ0v) is 15.1. The zero-order valence-electron chi connectivity index (χ0n) is 14.2. The molecule has 1 aromatic heterocycles. The molecule has 2 heterocycles.